The van der Waals surface area contributed by atoms with E-state index in [1.807, 2.05) is 7.05 Å². The van der Waals surface area contributed by atoms with Crippen LogP contribution in [0.1, 0.15) is 16.8 Å². The molecule has 0 radical (unpaired) electrons. The van der Waals surface area contributed by atoms with Crippen LogP contribution in [0.15, 0.2) is 18.2 Å². The van der Waals surface area contributed by atoms with E-state index in [2.05, 4.69) is 4.90 Å². The third kappa shape index (κ3) is 3.05. The molecule has 7 heteroatoms. The van der Waals surface area contributed by atoms with Crippen molar-refractivity contribution >= 4 is 17.3 Å². The lowest BCUT2D eigenvalue weighted by Gasteiger charge is -2.20. The molecule has 0 aromatic heterocycles. The first-order valence-corrected chi connectivity index (χ1v) is 6.51. The zero-order valence-corrected chi connectivity index (χ0v) is 11.4. The molecule has 0 aliphatic carbocycles. The van der Waals surface area contributed by atoms with Crippen molar-refractivity contribution in [3.63, 3.8) is 0 Å². The maximum absolute atomic E-state index is 12.4. The van der Waals surface area contributed by atoms with Gasteiger partial charge in [-0.2, -0.15) is 0 Å². The van der Waals surface area contributed by atoms with Crippen LogP contribution in [-0.4, -0.2) is 53.9 Å². The zero-order valence-electron chi connectivity index (χ0n) is 11.4. The number of anilines is 1. The first-order chi connectivity index (χ1) is 9.49. The van der Waals surface area contributed by atoms with Gasteiger partial charge in [-0.1, -0.05) is 0 Å². The topological polar surface area (TPSA) is 92.7 Å². The molecule has 7 nitrogen and oxygen atoms in total. The molecule has 0 bridgehead atoms. The number of rotatable bonds is 2. The lowest BCUT2D eigenvalue weighted by molar-refractivity contribution is -0.383. The van der Waals surface area contributed by atoms with E-state index >= 15 is 0 Å². The Kier molecular flexibility index (Phi) is 4.19. The number of likely N-dealkylation sites (N-methyl/N-ethyl adjacent to an activating group) is 1. The summed E-state index contributed by atoms with van der Waals surface area (Å²) in [5, 5.41) is 10.7. The van der Waals surface area contributed by atoms with Crippen molar-refractivity contribution < 1.29 is 9.72 Å². The molecule has 0 spiro atoms. The van der Waals surface area contributed by atoms with Crippen molar-refractivity contribution in [3.05, 3.63) is 33.9 Å². The highest BCUT2D eigenvalue weighted by Crippen LogP contribution is 2.23. The highest BCUT2D eigenvalue weighted by molar-refractivity contribution is 5.95. The van der Waals surface area contributed by atoms with Crippen LogP contribution in [0.25, 0.3) is 0 Å². The summed E-state index contributed by atoms with van der Waals surface area (Å²) in [6, 6.07) is 4.13. The van der Waals surface area contributed by atoms with Crippen LogP contribution in [0.4, 0.5) is 11.4 Å². The predicted molar refractivity (Wildman–Crippen MR) is 75.5 cm³/mol. The standard InChI is InChI=1S/C13H18N4O3/c1-15-5-2-6-16(8-7-15)13(18)10-3-4-12(17(19)20)11(14)9-10/h3-4,9H,2,5-8,14H2,1H3. The van der Waals surface area contributed by atoms with Gasteiger partial charge in [0.25, 0.3) is 11.6 Å². The van der Waals surface area contributed by atoms with Gasteiger partial charge in [-0.25, -0.2) is 0 Å². The maximum Gasteiger partial charge on any atom is 0.292 e. The van der Waals surface area contributed by atoms with Gasteiger partial charge in [0.1, 0.15) is 5.69 Å². The number of nitrogens with two attached hydrogens (primary N) is 1. The molecule has 1 aliphatic rings. The predicted octanol–water partition coefficient (Wildman–Crippen LogP) is 0.955. The highest BCUT2D eigenvalue weighted by atomic mass is 16.6. The Morgan fingerprint density at radius 2 is 2.05 bits per heavy atom. The molecule has 0 unspecified atom stereocenters. The molecule has 1 aliphatic heterocycles. The van der Waals surface area contributed by atoms with E-state index in [1.54, 1.807) is 4.90 Å². The largest absolute Gasteiger partial charge is 0.393 e. The number of carbonyl (C=O) groups is 1. The molecular weight excluding hydrogens is 260 g/mol. The van der Waals surface area contributed by atoms with Gasteiger partial charge >= 0.3 is 0 Å². The van der Waals surface area contributed by atoms with Crippen molar-refractivity contribution in [2.75, 3.05) is 39.0 Å². The second-order valence-electron chi connectivity index (χ2n) is 4.98. The van der Waals surface area contributed by atoms with Crippen molar-refractivity contribution in [2.24, 2.45) is 0 Å². The lowest BCUT2D eigenvalue weighted by Crippen LogP contribution is -2.34. The quantitative estimate of drug-likeness (QED) is 0.494. The molecule has 1 saturated heterocycles. The summed E-state index contributed by atoms with van der Waals surface area (Å²) in [6.07, 6.45) is 0.921. The monoisotopic (exact) mass is 278 g/mol. The number of amides is 1. The summed E-state index contributed by atoms with van der Waals surface area (Å²) in [7, 11) is 2.03. The number of hydrogen-bond acceptors (Lipinski definition) is 5. The van der Waals surface area contributed by atoms with Crippen LogP contribution in [-0.2, 0) is 0 Å². The Labute approximate surface area is 117 Å². The third-order valence-corrected chi connectivity index (χ3v) is 3.48. The third-order valence-electron chi connectivity index (χ3n) is 3.48. The first kappa shape index (κ1) is 14.3. The maximum atomic E-state index is 12.4. The van der Waals surface area contributed by atoms with E-state index in [0.29, 0.717) is 18.7 Å². The van der Waals surface area contributed by atoms with Crippen molar-refractivity contribution in [1.82, 2.24) is 9.80 Å². The summed E-state index contributed by atoms with van der Waals surface area (Å²) in [5.41, 5.74) is 5.87. The Bertz CT molecular complexity index is 532. The Morgan fingerprint density at radius 3 is 2.70 bits per heavy atom. The number of nitrogen functional groups attached to an aromatic ring is 1. The molecule has 1 aromatic rings. The first-order valence-electron chi connectivity index (χ1n) is 6.51. The van der Waals surface area contributed by atoms with Gasteiger partial charge in [0.2, 0.25) is 0 Å². The number of hydrogen-bond donors (Lipinski definition) is 1. The summed E-state index contributed by atoms with van der Waals surface area (Å²) in [5.74, 6) is -0.123. The van der Waals surface area contributed by atoms with E-state index in [1.165, 1.54) is 18.2 Å². The van der Waals surface area contributed by atoms with Crippen molar-refractivity contribution in [2.45, 2.75) is 6.42 Å². The average Bonchev–Trinajstić information content (AvgIpc) is 2.62. The molecule has 0 atom stereocenters. The molecule has 108 valence electrons. The summed E-state index contributed by atoms with van der Waals surface area (Å²) in [4.78, 5) is 26.5. The van der Waals surface area contributed by atoms with Gasteiger partial charge in [-0.05, 0) is 32.1 Å². The number of carbonyl (C=O) groups excluding carboxylic acids is 1. The van der Waals surface area contributed by atoms with Crippen LogP contribution >= 0.6 is 0 Å². The van der Waals surface area contributed by atoms with Gasteiger partial charge in [-0.3, -0.25) is 14.9 Å². The smallest absolute Gasteiger partial charge is 0.292 e. The van der Waals surface area contributed by atoms with Crippen LogP contribution in [0.5, 0.6) is 0 Å². The fraction of sp³-hybridized carbons (Fsp3) is 0.462. The number of benzene rings is 1. The van der Waals surface area contributed by atoms with Gasteiger partial charge in [0, 0.05) is 31.3 Å². The van der Waals surface area contributed by atoms with Gasteiger partial charge in [0.05, 0.1) is 4.92 Å². The minimum atomic E-state index is -0.551. The SMILES string of the molecule is CN1CCCN(C(=O)c2ccc([N+](=O)[O-])c(N)c2)CC1. The van der Waals surface area contributed by atoms with Crippen LogP contribution in [0.3, 0.4) is 0 Å². The van der Waals surface area contributed by atoms with Crippen molar-refractivity contribution in [1.29, 1.82) is 0 Å². The van der Waals surface area contributed by atoms with Crippen LogP contribution in [0.2, 0.25) is 0 Å². The summed E-state index contributed by atoms with van der Waals surface area (Å²) >= 11 is 0. The summed E-state index contributed by atoms with van der Waals surface area (Å²) in [6.45, 7) is 3.15. The molecule has 1 heterocycles. The second-order valence-corrected chi connectivity index (χ2v) is 4.98. The van der Waals surface area contributed by atoms with Crippen molar-refractivity contribution in [3.8, 4) is 0 Å². The molecule has 2 N–H and O–H groups in total. The van der Waals surface area contributed by atoms with E-state index < -0.39 is 4.92 Å². The molecule has 2 rings (SSSR count). The van der Waals surface area contributed by atoms with Crippen LogP contribution in [0, 0.1) is 10.1 Å². The molecule has 20 heavy (non-hydrogen) atoms. The second kappa shape index (κ2) is 5.87. The fourth-order valence-electron chi connectivity index (χ4n) is 2.29. The Balaban J connectivity index is 2.16. The molecule has 0 saturated carbocycles. The number of nitrogens with zero attached hydrogens (tertiary/aromatic N) is 3. The van der Waals surface area contributed by atoms with Gasteiger partial charge < -0.3 is 15.5 Å². The average molecular weight is 278 g/mol. The van der Waals surface area contributed by atoms with Gasteiger partial charge in [0.15, 0.2) is 0 Å². The van der Waals surface area contributed by atoms with E-state index in [0.717, 1.165) is 19.5 Å². The number of nitro benzene ring substituents is 1. The van der Waals surface area contributed by atoms with E-state index in [9.17, 15) is 14.9 Å². The highest BCUT2D eigenvalue weighted by Gasteiger charge is 2.21. The lowest BCUT2D eigenvalue weighted by atomic mass is 10.1. The minimum Gasteiger partial charge on any atom is -0.393 e. The molecule has 1 aromatic carbocycles. The summed E-state index contributed by atoms with van der Waals surface area (Å²) < 4.78 is 0. The number of nitro groups is 1. The van der Waals surface area contributed by atoms with E-state index in [4.69, 9.17) is 5.73 Å². The molecule has 1 fully saturated rings. The zero-order chi connectivity index (χ0) is 14.7. The van der Waals surface area contributed by atoms with Crippen LogP contribution < -0.4 is 5.73 Å². The molecular formula is C13H18N4O3. The minimum absolute atomic E-state index is 0.0211. The van der Waals surface area contributed by atoms with E-state index in [-0.39, 0.29) is 17.3 Å². The Hall–Kier alpha value is -2.15. The fourth-order valence-corrected chi connectivity index (χ4v) is 2.29. The molecule has 1 amide bonds. The Morgan fingerprint density at radius 1 is 1.30 bits per heavy atom. The van der Waals surface area contributed by atoms with Gasteiger partial charge in [-0.15, -0.1) is 0 Å². The normalized spacial score (nSPS) is 16.8.